The molecule has 5 fully saturated rings. The predicted molar refractivity (Wildman–Crippen MR) is 172 cm³/mol. The standard InChI is InChI=1S/C34H53N5OS/c1-41(2,40)35-15-17-37-16-14-27(24-37)21-34-36-32-12-5-6-13-33(32)39(34)31-22-28-10-7-11-29(23-31)38(28)30-19-25-8-3-4-9-26(18-25)20-30/h5-6,12-13,25-31H,1,3-4,7-11,14-24H2,2H3,(H,35,40)/t25-,26+,27-,28-,29+,30?,31?,41?/m0/s1. The van der Waals surface area contributed by atoms with Crippen LogP contribution < -0.4 is 4.72 Å². The number of fused-ring (bicyclic) bond motifs is 5. The minimum Gasteiger partial charge on any atom is -0.325 e. The van der Waals surface area contributed by atoms with Crippen molar-refractivity contribution in [3.05, 3.63) is 30.1 Å². The normalized spacial score (nSPS) is 36.3. The fourth-order valence-electron chi connectivity index (χ4n) is 9.91. The zero-order valence-electron chi connectivity index (χ0n) is 25.4. The van der Waals surface area contributed by atoms with Gasteiger partial charge < -0.3 is 9.47 Å². The third-order valence-electron chi connectivity index (χ3n) is 11.5. The molecule has 4 heterocycles. The fraction of sp³-hybridized carbons (Fsp3) is 0.765. The van der Waals surface area contributed by atoms with Gasteiger partial charge in [0.05, 0.1) is 11.0 Å². The van der Waals surface area contributed by atoms with Crippen molar-refractivity contribution in [2.24, 2.45) is 17.8 Å². The Bertz CT molecular complexity index is 1280. The summed E-state index contributed by atoms with van der Waals surface area (Å²) in [7, 11) is -2.13. The van der Waals surface area contributed by atoms with E-state index in [-0.39, 0.29) is 0 Å². The third kappa shape index (κ3) is 6.30. The first-order valence-corrected chi connectivity index (χ1v) is 19.1. The van der Waals surface area contributed by atoms with Gasteiger partial charge in [-0.2, -0.15) is 0 Å². The number of piperidine rings is 2. The van der Waals surface area contributed by atoms with E-state index in [1.54, 1.807) is 6.26 Å². The van der Waals surface area contributed by atoms with Crippen molar-refractivity contribution >= 4 is 26.6 Å². The zero-order chi connectivity index (χ0) is 28.0. The number of hydrogen-bond acceptors (Lipinski definition) is 4. The van der Waals surface area contributed by atoms with Crippen molar-refractivity contribution in [1.29, 1.82) is 0 Å². The van der Waals surface area contributed by atoms with Gasteiger partial charge in [0.15, 0.2) is 0 Å². The van der Waals surface area contributed by atoms with Gasteiger partial charge in [-0.15, -0.1) is 0 Å². The largest absolute Gasteiger partial charge is 0.325 e. The van der Waals surface area contributed by atoms with Gasteiger partial charge in [-0.3, -0.25) is 9.11 Å². The number of para-hydroxylation sites is 2. The summed E-state index contributed by atoms with van der Waals surface area (Å²) in [4.78, 5) is 10.9. The first kappa shape index (κ1) is 28.4. The summed E-state index contributed by atoms with van der Waals surface area (Å²) in [6, 6.07) is 11.8. The predicted octanol–water partition coefficient (Wildman–Crippen LogP) is 5.67. The van der Waals surface area contributed by atoms with E-state index in [9.17, 15) is 4.21 Å². The molecule has 0 spiro atoms. The molecule has 8 atom stereocenters. The first-order valence-electron chi connectivity index (χ1n) is 16.9. The summed E-state index contributed by atoms with van der Waals surface area (Å²) in [5.41, 5.74) is 2.54. The molecule has 0 amide bonds. The van der Waals surface area contributed by atoms with Crippen molar-refractivity contribution in [2.45, 2.75) is 114 Å². The highest BCUT2D eigenvalue weighted by Crippen LogP contribution is 2.47. The highest BCUT2D eigenvalue weighted by atomic mass is 32.2. The summed E-state index contributed by atoms with van der Waals surface area (Å²) >= 11 is 0. The quantitative estimate of drug-likeness (QED) is 0.410. The van der Waals surface area contributed by atoms with Gasteiger partial charge in [-0.1, -0.05) is 44.2 Å². The topological polar surface area (TPSA) is 53.4 Å². The van der Waals surface area contributed by atoms with E-state index in [1.165, 1.54) is 100 Å². The molecule has 3 unspecified atom stereocenters. The van der Waals surface area contributed by atoms with Gasteiger partial charge >= 0.3 is 0 Å². The SMILES string of the molecule is C=S(C)(=O)NCCN1CC[C@@H](Cc2nc3ccccc3n2C2C[C@H]3CCC[C@@H](C2)N3C2C[C@H]3CCCC[C@@H](C2)C3)C1. The Morgan fingerprint density at radius 2 is 1.63 bits per heavy atom. The van der Waals surface area contributed by atoms with Crippen LogP contribution in [0.25, 0.3) is 11.0 Å². The number of rotatable bonds is 8. The average Bonchev–Trinajstić information content (AvgIpc) is 3.48. The second-order valence-electron chi connectivity index (χ2n) is 14.6. The van der Waals surface area contributed by atoms with Gasteiger partial charge in [0.25, 0.3) is 0 Å². The monoisotopic (exact) mass is 579 g/mol. The van der Waals surface area contributed by atoms with Crippen molar-refractivity contribution in [3.63, 3.8) is 0 Å². The lowest BCUT2D eigenvalue weighted by Gasteiger charge is -2.54. The molecule has 2 aromatic rings. The summed E-state index contributed by atoms with van der Waals surface area (Å²) in [5.74, 6) is 7.69. The molecule has 0 radical (unpaired) electrons. The molecule has 3 saturated heterocycles. The minimum absolute atomic E-state index is 0.575. The number of aromatic nitrogens is 2. The van der Waals surface area contributed by atoms with Gasteiger partial charge in [0, 0.05) is 66.2 Å². The molecule has 1 N–H and O–H groups in total. The fourth-order valence-corrected chi connectivity index (χ4v) is 10.4. The summed E-state index contributed by atoms with van der Waals surface area (Å²) in [6.07, 6.45) is 21.2. The smallest absolute Gasteiger partial charge is 0.110 e. The second-order valence-corrected chi connectivity index (χ2v) is 16.9. The zero-order valence-corrected chi connectivity index (χ0v) is 26.2. The Labute approximate surface area is 248 Å². The molecule has 3 aliphatic heterocycles. The molecule has 41 heavy (non-hydrogen) atoms. The highest BCUT2D eigenvalue weighted by molar-refractivity contribution is 7.97. The summed E-state index contributed by atoms with van der Waals surface area (Å²) in [5, 5.41) is 0. The second kappa shape index (κ2) is 11.9. The lowest BCUT2D eigenvalue weighted by Crippen LogP contribution is -2.58. The van der Waals surface area contributed by atoms with Crippen molar-refractivity contribution < 1.29 is 4.21 Å². The lowest BCUT2D eigenvalue weighted by atomic mass is 9.73. The first-order chi connectivity index (χ1) is 19.9. The van der Waals surface area contributed by atoms with Crippen LogP contribution in [0.4, 0.5) is 0 Å². The van der Waals surface area contributed by atoms with Crippen LogP contribution in [0.1, 0.15) is 95.3 Å². The molecule has 5 aliphatic rings. The van der Waals surface area contributed by atoms with Crippen LogP contribution in [0.3, 0.4) is 0 Å². The Morgan fingerprint density at radius 1 is 0.902 bits per heavy atom. The molecule has 7 heteroatoms. The number of imidazole rings is 1. The number of nitrogens with zero attached hydrogens (tertiary/aromatic N) is 4. The van der Waals surface area contributed by atoms with Gasteiger partial charge in [0.1, 0.15) is 5.82 Å². The molecular weight excluding hydrogens is 526 g/mol. The van der Waals surface area contributed by atoms with Crippen LogP contribution in [0.5, 0.6) is 0 Å². The maximum absolute atomic E-state index is 11.9. The van der Waals surface area contributed by atoms with E-state index in [0.717, 1.165) is 62.6 Å². The van der Waals surface area contributed by atoms with Crippen LogP contribution in [0.2, 0.25) is 0 Å². The van der Waals surface area contributed by atoms with Crippen molar-refractivity contribution in [3.8, 4) is 0 Å². The van der Waals surface area contributed by atoms with Gasteiger partial charge in [0.2, 0.25) is 0 Å². The van der Waals surface area contributed by atoms with E-state index in [2.05, 4.69) is 49.2 Å². The molecule has 6 nitrogen and oxygen atoms in total. The summed E-state index contributed by atoms with van der Waals surface area (Å²) < 4.78 is 17.7. The summed E-state index contributed by atoms with van der Waals surface area (Å²) in [6.45, 7) is 3.92. The number of benzene rings is 1. The van der Waals surface area contributed by atoms with Crippen LogP contribution >= 0.6 is 0 Å². The number of likely N-dealkylation sites (tertiary alicyclic amines) is 1. The van der Waals surface area contributed by atoms with Crippen LogP contribution in [-0.2, 0) is 16.1 Å². The Hall–Kier alpha value is -1.41. The van der Waals surface area contributed by atoms with Crippen LogP contribution in [0.15, 0.2) is 24.3 Å². The maximum Gasteiger partial charge on any atom is 0.110 e. The minimum atomic E-state index is -2.13. The lowest BCUT2D eigenvalue weighted by molar-refractivity contribution is -0.0420. The van der Waals surface area contributed by atoms with E-state index in [1.807, 2.05) is 0 Å². The van der Waals surface area contributed by atoms with Crippen molar-refractivity contribution in [1.82, 2.24) is 24.1 Å². The van der Waals surface area contributed by atoms with Crippen molar-refractivity contribution in [2.75, 3.05) is 32.4 Å². The number of nitrogens with one attached hydrogen (secondary N) is 1. The molecule has 1 aromatic heterocycles. The molecule has 1 aromatic carbocycles. The van der Waals surface area contributed by atoms with E-state index in [4.69, 9.17) is 4.98 Å². The number of hydrogen-bond donors (Lipinski definition) is 1. The Kier molecular flexibility index (Phi) is 8.26. The molecule has 7 rings (SSSR count). The Morgan fingerprint density at radius 3 is 2.37 bits per heavy atom. The molecule has 4 bridgehead atoms. The average molecular weight is 580 g/mol. The van der Waals surface area contributed by atoms with Gasteiger partial charge in [-0.25, -0.2) is 9.71 Å². The third-order valence-corrected chi connectivity index (χ3v) is 12.3. The highest BCUT2D eigenvalue weighted by Gasteiger charge is 2.45. The van der Waals surface area contributed by atoms with Crippen LogP contribution in [-0.4, -0.2) is 80.0 Å². The molecule has 2 saturated carbocycles. The van der Waals surface area contributed by atoms with E-state index < -0.39 is 9.71 Å². The van der Waals surface area contributed by atoms with Gasteiger partial charge in [-0.05, 0) is 93.7 Å². The molecule has 226 valence electrons. The van der Waals surface area contributed by atoms with E-state index >= 15 is 0 Å². The van der Waals surface area contributed by atoms with E-state index in [0.29, 0.717) is 12.0 Å². The van der Waals surface area contributed by atoms with Crippen LogP contribution in [0, 0.1) is 17.8 Å². The maximum atomic E-state index is 11.9. The Balaban J connectivity index is 1.08. The molecule has 2 aliphatic carbocycles. The molecular formula is C34H53N5OS.